The van der Waals surface area contributed by atoms with Gasteiger partial charge in [-0.3, -0.25) is 9.52 Å². The lowest BCUT2D eigenvalue weighted by Gasteiger charge is -2.12. The van der Waals surface area contributed by atoms with Gasteiger partial charge in [0.15, 0.2) is 0 Å². The molecule has 0 saturated carbocycles. The Morgan fingerprint density at radius 3 is 2.40 bits per heavy atom. The third kappa shape index (κ3) is 4.72. The minimum absolute atomic E-state index is 0.0705. The highest BCUT2D eigenvalue weighted by molar-refractivity contribution is 7.92. The molecule has 0 heterocycles. The van der Waals surface area contributed by atoms with E-state index in [0.717, 1.165) is 18.2 Å². The molecule has 0 aromatic heterocycles. The van der Waals surface area contributed by atoms with Gasteiger partial charge in [-0.1, -0.05) is 12.1 Å². The number of sulfonamides is 1. The minimum Gasteiger partial charge on any atom is -0.352 e. The summed E-state index contributed by atoms with van der Waals surface area (Å²) in [7, 11) is -4.23. The molecule has 0 aliphatic heterocycles. The minimum atomic E-state index is -4.65. The van der Waals surface area contributed by atoms with Gasteiger partial charge in [-0.15, -0.1) is 0 Å². The number of benzene rings is 2. The van der Waals surface area contributed by atoms with Crippen molar-refractivity contribution in [2.24, 2.45) is 0 Å². The Kier molecular flexibility index (Phi) is 5.36. The lowest BCUT2D eigenvalue weighted by atomic mass is 10.2. The molecule has 0 aliphatic carbocycles. The van der Waals surface area contributed by atoms with Gasteiger partial charge in [0.2, 0.25) is 0 Å². The molecule has 0 unspecified atom stereocenters. The van der Waals surface area contributed by atoms with Crippen LogP contribution in [0, 0.1) is 0 Å². The molecule has 134 valence electrons. The van der Waals surface area contributed by atoms with Crippen LogP contribution in [0.3, 0.4) is 0 Å². The van der Waals surface area contributed by atoms with E-state index >= 15 is 0 Å². The molecule has 9 heteroatoms. The largest absolute Gasteiger partial charge is 0.416 e. The quantitative estimate of drug-likeness (QED) is 0.846. The Morgan fingerprint density at radius 2 is 1.76 bits per heavy atom. The van der Waals surface area contributed by atoms with E-state index in [0.29, 0.717) is 12.6 Å². The molecule has 2 N–H and O–H groups in total. The average molecular weight is 372 g/mol. The molecule has 25 heavy (non-hydrogen) atoms. The maximum Gasteiger partial charge on any atom is 0.416 e. The maximum absolute atomic E-state index is 12.7. The van der Waals surface area contributed by atoms with Gasteiger partial charge in [0, 0.05) is 17.8 Å². The maximum atomic E-state index is 12.7. The van der Waals surface area contributed by atoms with E-state index < -0.39 is 26.7 Å². The van der Waals surface area contributed by atoms with Crippen LogP contribution < -0.4 is 10.0 Å². The second-order valence-corrected chi connectivity index (χ2v) is 6.75. The average Bonchev–Trinajstić information content (AvgIpc) is 2.54. The summed E-state index contributed by atoms with van der Waals surface area (Å²) in [6.45, 7) is 2.14. The van der Waals surface area contributed by atoms with Crippen molar-refractivity contribution in [3.8, 4) is 0 Å². The van der Waals surface area contributed by atoms with Gasteiger partial charge in [-0.05, 0) is 43.3 Å². The Morgan fingerprint density at radius 1 is 1.08 bits per heavy atom. The van der Waals surface area contributed by atoms with Crippen molar-refractivity contribution in [2.75, 3.05) is 11.3 Å². The van der Waals surface area contributed by atoms with Crippen molar-refractivity contribution in [3.05, 3.63) is 59.7 Å². The number of carbonyl (C=O) groups excluding carboxylic acids is 1. The summed E-state index contributed by atoms with van der Waals surface area (Å²) in [6, 6.07) is 9.07. The number of carbonyl (C=O) groups is 1. The van der Waals surface area contributed by atoms with Crippen molar-refractivity contribution >= 4 is 21.6 Å². The standard InChI is InChI=1S/C16H15F3N2O3S/c1-2-20-15(22)11-5-3-7-13(9-11)21-25(23,24)14-8-4-6-12(10-14)16(17,18)19/h3-10,21H,2H2,1H3,(H,20,22). The first-order chi connectivity index (χ1) is 11.6. The van der Waals surface area contributed by atoms with E-state index in [1.165, 1.54) is 24.3 Å². The van der Waals surface area contributed by atoms with Crippen molar-refractivity contribution in [1.82, 2.24) is 5.32 Å². The molecule has 0 saturated heterocycles. The van der Waals surface area contributed by atoms with Gasteiger partial charge in [0.05, 0.1) is 10.5 Å². The van der Waals surface area contributed by atoms with E-state index in [1.807, 2.05) is 0 Å². The summed E-state index contributed by atoms with van der Waals surface area (Å²) in [5, 5.41) is 2.57. The van der Waals surface area contributed by atoms with Crippen LogP contribution in [0.1, 0.15) is 22.8 Å². The second kappa shape index (κ2) is 7.14. The SMILES string of the molecule is CCNC(=O)c1cccc(NS(=O)(=O)c2cccc(C(F)(F)F)c2)c1. The van der Waals surface area contributed by atoms with E-state index in [-0.39, 0.29) is 17.2 Å². The normalized spacial score (nSPS) is 11.8. The number of hydrogen-bond acceptors (Lipinski definition) is 3. The molecule has 0 fully saturated rings. The molecule has 2 aromatic rings. The number of hydrogen-bond donors (Lipinski definition) is 2. The number of anilines is 1. The first-order valence-corrected chi connectivity index (χ1v) is 8.70. The molecule has 1 amide bonds. The monoisotopic (exact) mass is 372 g/mol. The van der Waals surface area contributed by atoms with E-state index in [9.17, 15) is 26.4 Å². The lowest BCUT2D eigenvalue weighted by Crippen LogP contribution is -2.22. The fourth-order valence-electron chi connectivity index (χ4n) is 2.04. The van der Waals surface area contributed by atoms with E-state index in [1.54, 1.807) is 6.92 Å². The summed E-state index contributed by atoms with van der Waals surface area (Å²) in [5.74, 6) is -0.386. The molecule has 0 radical (unpaired) electrons. The Balaban J connectivity index is 2.31. The molecule has 2 aromatic carbocycles. The third-order valence-electron chi connectivity index (χ3n) is 3.19. The Labute approximate surface area is 142 Å². The molecule has 2 rings (SSSR count). The van der Waals surface area contributed by atoms with Gasteiger partial charge in [0.1, 0.15) is 0 Å². The van der Waals surface area contributed by atoms with Crippen LogP contribution in [0.25, 0.3) is 0 Å². The van der Waals surface area contributed by atoms with Crippen LogP contribution in [-0.4, -0.2) is 20.9 Å². The van der Waals surface area contributed by atoms with Crippen LogP contribution in [0.5, 0.6) is 0 Å². The fraction of sp³-hybridized carbons (Fsp3) is 0.188. The van der Waals surface area contributed by atoms with E-state index in [2.05, 4.69) is 10.0 Å². The predicted molar refractivity (Wildman–Crippen MR) is 86.7 cm³/mol. The van der Waals surface area contributed by atoms with Crippen molar-refractivity contribution in [2.45, 2.75) is 18.0 Å². The summed E-state index contributed by atoms with van der Waals surface area (Å²) in [5.41, 5.74) is -0.765. The second-order valence-electron chi connectivity index (χ2n) is 5.07. The zero-order valence-electron chi connectivity index (χ0n) is 13.1. The highest BCUT2D eigenvalue weighted by Gasteiger charge is 2.31. The molecular weight excluding hydrogens is 357 g/mol. The molecule has 0 bridgehead atoms. The molecule has 0 atom stereocenters. The van der Waals surface area contributed by atoms with Gasteiger partial charge in [-0.25, -0.2) is 8.42 Å². The molecule has 5 nitrogen and oxygen atoms in total. The smallest absolute Gasteiger partial charge is 0.352 e. The number of amides is 1. The van der Waals surface area contributed by atoms with Crippen molar-refractivity contribution in [3.63, 3.8) is 0 Å². The van der Waals surface area contributed by atoms with Crippen LogP contribution >= 0.6 is 0 Å². The first-order valence-electron chi connectivity index (χ1n) is 7.22. The van der Waals surface area contributed by atoms with Gasteiger partial charge in [0.25, 0.3) is 15.9 Å². The van der Waals surface area contributed by atoms with Crippen LogP contribution in [0.4, 0.5) is 18.9 Å². The summed E-state index contributed by atoms with van der Waals surface area (Å²) >= 11 is 0. The summed E-state index contributed by atoms with van der Waals surface area (Å²) < 4.78 is 65.0. The Hall–Kier alpha value is -2.55. The van der Waals surface area contributed by atoms with Crippen molar-refractivity contribution in [1.29, 1.82) is 0 Å². The van der Waals surface area contributed by atoms with Gasteiger partial charge >= 0.3 is 6.18 Å². The van der Waals surface area contributed by atoms with Crippen LogP contribution in [0.2, 0.25) is 0 Å². The van der Waals surface area contributed by atoms with E-state index in [4.69, 9.17) is 0 Å². The zero-order valence-corrected chi connectivity index (χ0v) is 13.9. The summed E-state index contributed by atoms with van der Waals surface area (Å²) in [4.78, 5) is 11.3. The molecule has 0 aliphatic rings. The van der Waals surface area contributed by atoms with Crippen LogP contribution in [-0.2, 0) is 16.2 Å². The predicted octanol–water partition coefficient (Wildman–Crippen LogP) is 3.26. The van der Waals surface area contributed by atoms with Crippen molar-refractivity contribution < 1.29 is 26.4 Å². The van der Waals surface area contributed by atoms with Crippen LogP contribution in [0.15, 0.2) is 53.4 Å². The number of alkyl halides is 3. The number of nitrogens with one attached hydrogen (secondary N) is 2. The molecular formula is C16H15F3N2O3S. The first kappa shape index (κ1) is 18.8. The molecule has 0 spiro atoms. The summed E-state index contributed by atoms with van der Waals surface area (Å²) in [6.07, 6.45) is -4.65. The zero-order chi connectivity index (χ0) is 18.7. The number of rotatable bonds is 5. The lowest BCUT2D eigenvalue weighted by molar-refractivity contribution is -0.137. The number of halogens is 3. The fourth-order valence-corrected chi connectivity index (χ4v) is 3.14. The highest BCUT2D eigenvalue weighted by atomic mass is 32.2. The van der Waals surface area contributed by atoms with Gasteiger partial charge in [-0.2, -0.15) is 13.2 Å². The topological polar surface area (TPSA) is 75.3 Å². The van der Waals surface area contributed by atoms with Gasteiger partial charge < -0.3 is 5.32 Å². The highest BCUT2D eigenvalue weighted by Crippen LogP contribution is 2.30. The Bertz CT molecular complexity index is 880. The third-order valence-corrected chi connectivity index (χ3v) is 4.56.